The van der Waals surface area contributed by atoms with Gasteiger partial charge in [0.2, 0.25) is 5.88 Å². The van der Waals surface area contributed by atoms with Crippen molar-refractivity contribution in [3.05, 3.63) is 51.7 Å². The van der Waals surface area contributed by atoms with Crippen LogP contribution in [0.2, 0.25) is 0 Å². The van der Waals surface area contributed by atoms with Crippen molar-refractivity contribution in [3.63, 3.8) is 0 Å². The van der Waals surface area contributed by atoms with Gasteiger partial charge in [0.25, 0.3) is 0 Å². The lowest BCUT2D eigenvalue weighted by atomic mass is 9.77. The summed E-state index contributed by atoms with van der Waals surface area (Å²) in [5.74, 6) is 1.80. The minimum Gasteiger partial charge on any atom is -0.477 e. The number of pyridine rings is 1. The third-order valence-corrected chi connectivity index (χ3v) is 7.53. The molecule has 0 bridgehead atoms. The monoisotopic (exact) mass is 505 g/mol. The normalized spacial score (nSPS) is 25.3. The van der Waals surface area contributed by atoms with Crippen LogP contribution in [0.1, 0.15) is 58.4 Å². The van der Waals surface area contributed by atoms with E-state index in [-0.39, 0.29) is 18.3 Å². The Morgan fingerprint density at radius 1 is 1.07 bits per heavy atom. The summed E-state index contributed by atoms with van der Waals surface area (Å²) in [5.41, 5.74) is 1.84. The van der Waals surface area contributed by atoms with Crippen molar-refractivity contribution in [2.24, 2.45) is 5.92 Å². The molecule has 1 aromatic carbocycles. The first-order valence-corrected chi connectivity index (χ1v) is 11.5. The number of halogens is 1. The molecule has 1 aliphatic heterocycles. The van der Waals surface area contributed by atoms with Crippen molar-refractivity contribution in [3.8, 4) is 5.88 Å². The highest BCUT2D eigenvalue weighted by molar-refractivity contribution is 14.1. The maximum Gasteiger partial charge on any atom is 0.494 e. The largest absolute Gasteiger partial charge is 0.494 e. The van der Waals surface area contributed by atoms with Crippen LogP contribution in [0.3, 0.4) is 0 Å². The van der Waals surface area contributed by atoms with E-state index in [4.69, 9.17) is 14.0 Å². The molecule has 2 heterocycles. The predicted octanol–water partition coefficient (Wildman–Crippen LogP) is 4.95. The lowest BCUT2D eigenvalue weighted by molar-refractivity contribution is 0.00578. The number of hydrogen-bond acceptors (Lipinski definition) is 4. The molecule has 1 aromatic heterocycles. The van der Waals surface area contributed by atoms with Crippen LogP contribution >= 0.6 is 22.6 Å². The number of rotatable bonds is 5. The summed E-state index contributed by atoms with van der Waals surface area (Å²) in [7, 11) is -0.303. The van der Waals surface area contributed by atoms with Gasteiger partial charge >= 0.3 is 7.12 Å². The first kappa shape index (κ1) is 21.1. The van der Waals surface area contributed by atoms with Crippen molar-refractivity contribution in [1.82, 2.24) is 4.98 Å². The average Bonchev–Trinajstić information content (AvgIpc) is 3.23. The zero-order chi connectivity index (χ0) is 20.6. The maximum absolute atomic E-state index is 6.19. The van der Waals surface area contributed by atoms with E-state index in [1.807, 2.05) is 12.1 Å². The van der Waals surface area contributed by atoms with Crippen LogP contribution in [0.15, 0.2) is 42.6 Å². The van der Waals surface area contributed by atoms with E-state index in [2.05, 4.69) is 79.5 Å². The minimum absolute atomic E-state index is 0.303. The molecule has 2 atom stereocenters. The number of benzene rings is 1. The van der Waals surface area contributed by atoms with Crippen LogP contribution in [0.25, 0.3) is 0 Å². The summed E-state index contributed by atoms with van der Waals surface area (Å²) in [5, 5.41) is 0. The highest BCUT2D eigenvalue weighted by atomic mass is 127. The van der Waals surface area contributed by atoms with Crippen molar-refractivity contribution in [2.75, 3.05) is 6.61 Å². The molecule has 4 nitrogen and oxygen atoms in total. The molecule has 154 valence electrons. The van der Waals surface area contributed by atoms with Crippen LogP contribution in [0, 0.1) is 9.49 Å². The van der Waals surface area contributed by atoms with Gasteiger partial charge in [0.1, 0.15) is 0 Å². The Labute approximate surface area is 188 Å². The summed E-state index contributed by atoms with van der Waals surface area (Å²) < 4.78 is 19.5. The molecule has 0 spiro atoms. The molecule has 2 aromatic rings. The molecular formula is C23H29BINO3. The third-order valence-electron chi connectivity index (χ3n) is 6.71. The molecular weight excluding hydrogens is 476 g/mol. The zero-order valence-electron chi connectivity index (χ0n) is 17.7. The highest BCUT2D eigenvalue weighted by Gasteiger charge is 2.51. The van der Waals surface area contributed by atoms with E-state index in [0.29, 0.717) is 11.8 Å². The van der Waals surface area contributed by atoms with Gasteiger partial charge in [-0.3, -0.25) is 0 Å². The predicted molar refractivity (Wildman–Crippen MR) is 125 cm³/mol. The van der Waals surface area contributed by atoms with Gasteiger partial charge in [0.15, 0.2) is 0 Å². The summed E-state index contributed by atoms with van der Waals surface area (Å²) in [6, 6.07) is 12.8. The average molecular weight is 505 g/mol. The molecule has 1 saturated heterocycles. The fraction of sp³-hybridized carbons (Fsp3) is 0.522. The molecule has 0 radical (unpaired) electrons. The van der Waals surface area contributed by atoms with Crippen molar-refractivity contribution >= 4 is 35.2 Å². The molecule has 2 unspecified atom stereocenters. The first-order chi connectivity index (χ1) is 13.8. The molecule has 1 saturated carbocycles. The molecule has 2 fully saturated rings. The SMILES string of the molecule is CC1(C)OB(c2ccc(C3CCCC3COc3ncccc3I)cc2)OC1(C)C. The van der Waals surface area contributed by atoms with E-state index in [1.54, 1.807) is 6.20 Å². The van der Waals surface area contributed by atoms with Gasteiger partial charge in [0, 0.05) is 6.20 Å². The van der Waals surface area contributed by atoms with Gasteiger partial charge in [-0.2, -0.15) is 0 Å². The number of nitrogens with zero attached hydrogens (tertiary/aromatic N) is 1. The van der Waals surface area contributed by atoms with Gasteiger partial charge in [-0.15, -0.1) is 0 Å². The number of hydrogen-bond donors (Lipinski definition) is 0. The van der Waals surface area contributed by atoms with Crippen molar-refractivity contribution in [2.45, 2.75) is 64.1 Å². The van der Waals surface area contributed by atoms with Crippen LogP contribution in [0.5, 0.6) is 5.88 Å². The van der Waals surface area contributed by atoms with Crippen LogP contribution < -0.4 is 10.2 Å². The topological polar surface area (TPSA) is 40.6 Å². The van der Waals surface area contributed by atoms with E-state index in [9.17, 15) is 0 Å². The Bertz CT molecular complexity index is 839. The molecule has 6 heteroatoms. The quantitative estimate of drug-likeness (QED) is 0.426. The standard InChI is InChI=1S/C23H29BINO3/c1-22(2)23(3,4)29-24(28-22)18-12-10-16(11-13-18)19-8-5-7-17(19)15-27-21-20(25)9-6-14-26-21/h6,9-14,17,19H,5,7-8,15H2,1-4H3. The molecule has 0 amide bonds. The second-order valence-corrected chi connectivity index (χ2v) is 10.3. The summed E-state index contributed by atoms with van der Waals surface area (Å²) in [6.45, 7) is 9.08. The molecule has 2 aliphatic rings. The Hall–Kier alpha value is -1.12. The molecule has 0 N–H and O–H groups in total. The Kier molecular flexibility index (Phi) is 5.97. The lowest BCUT2D eigenvalue weighted by Gasteiger charge is -2.32. The van der Waals surface area contributed by atoms with Gasteiger partial charge in [0.05, 0.1) is 21.4 Å². The number of ether oxygens (including phenoxy) is 1. The highest BCUT2D eigenvalue weighted by Crippen LogP contribution is 2.40. The lowest BCUT2D eigenvalue weighted by Crippen LogP contribution is -2.41. The molecule has 1 aliphatic carbocycles. The maximum atomic E-state index is 6.19. The fourth-order valence-electron chi connectivity index (χ4n) is 4.22. The van der Waals surface area contributed by atoms with E-state index in [1.165, 1.54) is 24.8 Å². The van der Waals surface area contributed by atoms with E-state index >= 15 is 0 Å². The molecule has 29 heavy (non-hydrogen) atoms. The Balaban J connectivity index is 1.42. The zero-order valence-corrected chi connectivity index (χ0v) is 19.8. The van der Waals surface area contributed by atoms with Gasteiger partial charge < -0.3 is 14.0 Å². The van der Waals surface area contributed by atoms with Crippen LogP contribution in [-0.4, -0.2) is 29.9 Å². The summed E-state index contributed by atoms with van der Waals surface area (Å²) in [6.07, 6.45) is 5.45. The van der Waals surface area contributed by atoms with Crippen molar-refractivity contribution < 1.29 is 14.0 Å². The van der Waals surface area contributed by atoms with E-state index in [0.717, 1.165) is 21.5 Å². The molecule has 4 rings (SSSR count). The van der Waals surface area contributed by atoms with Crippen LogP contribution in [-0.2, 0) is 9.31 Å². The summed E-state index contributed by atoms with van der Waals surface area (Å²) in [4.78, 5) is 4.36. The number of aromatic nitrogens is 1. The second-order valence-electron chi connectivity index (χ2n) is 9.15. The first-order valence-electron chi connectivity index (χ1n) is 10.5. The Morgan fingerprint density at radius 2 is 1.76 bits per heavy atom. The summed E-state index contributed by atoms with van der Waals surface area (Å²) >= 11 is 2.28. The van der Waals surface area contributed by atoms with Crippen LogP contribution in [0.4, 0.5) is 0 Å². The fourth-order valence-corrected chi connectivity index (χ4v) is 4.72. The van der Waals surface area contributed by atoms with Crippen molar-refractivity contribution in [1.29, 1.82) is 0 Å². The van der Waals surface area contributed by atoms with E-state index < -0.39 is 0 Å². The minimum atomic E-state index is -0.312. The van der Waals surface area contributed by atoms with Gasteiger partial charge in [-0.05, 0) is 98.1 Å². The van der Waals surface area contributed by atoms with Gasteiger partial charge in [-0.25, -0.2) is 4.98 Å². The third kappa shape index (κ3) is 4.35. The smallest absolute Gasteiger partial charge is 0.477 e. The van der Waals surface area contributed by atoms with Gasteiger partial charge in [-0.1, -0.05) is 30.7 Å². The Morgan fingerprint density at radius 3 is 2.41 bits per heavy atom. The second kappa shape index (κ2) is 8.19.